The van der Waals surface area contributed by atoms with Gasteiger partial charge in [-0.1, -0.05) is 39.3 Å². The largest absolute Gasteiger partial charge is 0.394 e. The highest BCUT2D eigenvalue weighted by Gasteiger charge is 2.69. The molecule has 2 unspecified atom stereocenters. The Balaban J connectivity index is 0.785. The van der Waals surface area contributed by atoms with Gasteiger partial charge < -0.3 is 133 Å². The maximum absolute atomic E-state index is 12.3. The molecule has 0 radical (unpaired) electrons. The molecule has 0 aromatic carbocycles. The molecule has 484 valence electrons. The van der Waals surface area contributed by atoms with Crippen LogP contribution in [0.5, 0.6) is 0 Å². The lowest BCUT2D eigenvalue weighted by Gasteiger charge is -2.58. The number of methoxy groups -OCH3 is 1. The van der Waals surface area contributed by atoms with E-state index in [1.807, 2.05) is 6.92 Å². The zero-order chi connectivity index (χ0) is 60.6. The fourth-order valence-corrected chi connectivity index (χ4v) is 16.5. The van der Waals surface area contributed by atoms with Crippen LogP contribution in [0, 0.1) is 46.3 Å². The van der Waals surface area contributed by atoms with Crippen molar-refractivity contribution in [3.63, 3.8) is 0 Å². The van der Waals surface area contributed by atoms with Crippen LogP contribution in [0.1, 0.15) is 92.4 Å². The summed E-state index contributed by atoms with van der Waals surface area (Å²) < 4.78 is 72.8. The molecule has 27 heteroatoms. The summed E-state index contributed by atoms with van der Waals surface area (Å²) in [5, 5.41) is 159. The molecule has 6 aliphatic heterocycles. The third-order valence-corrected chi connectivity index (χ3v) is 21.6. The Morgan fingerprint density at radius 2 is 1.14 bits per heavy atom. The number of ether oxygens (including phenoxy) is 12. The van der Waals surface area contributed by atoms with Crippen LogP contribution in [0.25, 0.3) is 0 Å². The number of rotatable bonds is 19. The monoisotopic (exact) mass is 1210 g/mol. The molecule has 6 heterocycles. The minimum absolute atomic E-state index is 0.00545. The van der Waals surface area contributed by atoms with Crippen LogP contribution in [0.4, 0.5) is 0 Å². The standard InChI is InChI=1S/C57H94O27/c1-22(20-74-50-44(69)41(66)37(62)31(17-58)78-50)9-14-57(73-6)23(2)35-30(84-57)16-29-27-8-7-25-15-26(10-12-55(25,4)28(27)11-13-56(29,35)5)77-54-49(83-52-46(71)40(65)36(61)24(3)76-52)47(72)48(33(19-60)80-54)82-53-43(68)39(64)34(81-53)21-75-51-45(70)42(67)38(63)32(18-59)79-51/h7,22-24,26-54,58-72H,8-21H2,1-6H3/t22-,23+,24+,26?,27-,28+,29+,30+,31-,32-,33-,34+,35+,36+,37-,38-,39+,40-,41+,42+,43-,44-,45-,46-,47+,48-,49-,50-,51-,52+,53+,54-,55+,56+,57?/m1/s1. The Morgan fingerprint density at radius 3 is 1.79 bits per heavy atom. The first-order chi connectivity index (χ1) is 39.8. The van der Waals surface area contributed by atoms with Gasteiger partial charge in [-0.3, -0.25) is 0 Å². The van der Waals surface area contributed by atoms with Gasteiger partial charge in [-0.15, -0.1) is 0 Å². The predicted octanol–water partition coefficient (Wildman–Crippen LogP) is -3.89. The van der Waals surface area contributed by atoms with Crippen molar-refractivity contribution in [3.05, 3.63) is 11.6 Å². The Hall–Kier alpha value is -1.34. The zero-order valence-electron chi connectivity index (χ0n) is 48.6. The number of hydrogen-bond acceptors (Lipinski definition) is 27. The number of fused-ring (bicyclic) bond motifs is 7. The van der Waals surface area contributed by atoms with Gasteiger partial charge in [0, 0.05) is 19.4 Å². The van der Waals surface area contributed by atoms with Crippen molar-refractivity contribution in [2.24, 2.45) is 46.3 Å². The van der Waals surface area contributed by atoms with Crippen molar-refractivity contribution in [1.29, 1.82) is 0 Å². The summed E-state index contributed by atoms with van der Waals surface area (Å²) in [4.78, 5) is 0. The lowest BCUT2D eigenvalue weighted by molar-refractivity contribution is -0.380. The van der Waals surface area contributed by atoms with Crippen molar-refractivity contribution in [2.75, 3.05) is 40.1 Å². The maximum Gasteiger partial charge on any atom is 0.187 e. The summed E-state index contributed by atoms with van der Waals surface area (Å²) in [6, 6.07) is 0. The molecule has 15 N–H and O–H groups in total. The van der Waals surface area contributed by atoms with Crippen molar-refractivity contribution < 1.29 is 133 Å². The summed E-state index contributed by atoms with van der Waals surface area (Å²) in [6.07, 6.45) is -27.9. The molecule has 0 bridgehead atoms. The molecule has 10 rings (SSSR count). The molecule has 0 spiro atoms. The lowest BCUT2D eigenvalue weighted by atomic mass is 9.47. The number of allylic oxidation sites excluding steroid dienone is 1. The summed E-state index contributed by atoms with van der Waals surface area (Å²) in [5.74, 6) is 0.669. The van der Waals surface area contributed by atoms with E-state index in [0.29, 0.717) is 43.4 Å². The highest BCUT2D eigenvalue weighted by atomic mass is 16.8. The summed E-state index contributed by atoms with van der Waals surface area (Å²) in [7, 11) is 1.71. The van der Waals surface area contributed by atoms with Gasteiger partial charge in [0.25, 0.3) is 0 Å². The smallest absolute Gasteiger partial charge is 0.187 e. The molecule has 35 atom stereocenters. The topological polar surface area (TPSA) is 414 Å². The Labute approximate surface area is 488 Å². The average Bonchev–Trinajstić information content (AvgIpc) is 1.51. The number of hydrogen-bond donors (Lipinski definition) is 15. The molecule has 6 saturated heterocycles. The van der Waals surface area contributed by atoms with E-state index in [9.17, 15) is 76.6 Å². The van der Waals surface area contributed by atoms with Gasteiger partial charge in [0.15, 0.2) is 37.2 Å². The minimum Gasteiger partial charge on any atom is -0.394 e. The normalized spacial score (nSPS) is 54.3. The quantitative estimate of drug-likeness (QED) is 0.0550. The van der Waals surface area contributed by atoms with Crippen molar-refractivity contribution in [3.8, 4) is 0 Å². The van der Waals surface area contributed by atoms with Crippen molar-refractivity contribution >= 4 is 0 Å². The molecule has 3 saturated carbocycles. The van der Waals surface area contributed by atoms with Crippen LogP contribution in [-0.2, 0) is 56.8 Å². The summed E-state index contributed by atoms with van der Waals surface area (Å²) in [5.41, 5.74) is 1.07. The second-order valence-electron chi connectivity index (χ2n) is 26.4. The predicted molar refractivity (Wildman–Crippen MR) is 282 cm³/mol. The van der Waals surface area contributed by atoms with Gasteiger partial charge in [-0.2, -0.15) is 0 Å². The Bertz CT molecular complexity index is 2200. The van der Waals surface area contributed by atoms with Crippen LogP contribution in [0.2, 0.25) is 0 Å². The zero-order valence-corrected chi connectivity index (χ0v) is 48.6. The van der Waals surface area contributed by atoms with Gasteiger partial charge in [-0.25, -0.2) is 0 Å². The molecule has 9 fully saturated rings. The second kappa shape index (κ2) is 26.1. The molecule has 0 aromatic heterocycles. The third kappa shape index (κ3) is 11.9. The maximum atomic E-state index is 12.3. The molecule has 10 aliphatic rings. The van der Waals surface area contributed by atoms with Crippen LogP contribution < -0.4 is 0 Å². The Kier molecular flexibility index (Phi) is 20.4. The second-order valence-corrected chi connectivity index (χ2v) is 26.4. The summed E-state index contributed by atoms with van der Waals surface area (Å²) in [6.45, 7) is 8.13. The van der Waals surface area contributed by atoms with Crippen LogP contribution >= 0.6 is 0 Å². The van der Waals surface area contributed by atoms with E-state index < -0.39 is 186 Å². The summed E-state index contributed by atoms with van der Waals surface area (Å²) >= 11 is 0. The average molecular weight is 1210 g/mol. The van der Waals surface area contributed by atoms with Gasteiger partial charge in [-0.05, 0) is 98.7 Å². The van der Waals surface area contributed by atoms with Crippen molar-refractivity contribution in [1.82, 2.24) is 0 Å². The lowest BCUT2D eigenvalue weighted by Crippen LogP contribution is -2.65. The third-order valence-electron chi connectivity index (χ3n) is 21.6. The molecule has 27 nitrogen and oxygen atoms in total. The highest BCUT2D eigenvalue weighted by molar-refractivity contribution is 5.26. The molecule has 0 aromatic rings. The number of aliphatic hydroxyl groups excluding tert-OH is 15. The fraction of sp³-hybridized carbons (Fsp3) is 0.965. The van der Waals surface area contributed by atoms with Gasteiger partial charge in [0.05, 0.1) is 51.3 Å². The molecular formula is C57H94O27. The molecule has 4 aliphatic carbocycles. The van der Waals surface area contributed by atoms with E-state index in [2.05, 4.69) is 26.8 Å². The van der Waals surface area contributed by atoms with E-state index in [-0.39, 0.29) is 41.3 Å². The van der Waals surface area contributed by atoms with Crippen LogP contribution in [0.15, 0.2) is 11.6 Å². The first-order valence-electron chi connectivity index (χ1n) is 30.2. The van der Waals surface area contributed by atoms with Crippen molar-refractivity contribution in [2.45, 2.75) is 258 Å². The first kappa shape index (κ1) is 65.6. The molecular weight excluding hydrogens is 1120 g/mol. The molecule has 0 amide bonds. The van der Waals surface area contributed by atoms with E-state index in [1.54, 1.807) is 7.11 Å². The fourth-order valence-electron chi connectivity index (χ4n) is 16.5. The van der Waals surface area contributed by atoms with Gasteiger partial charge in [0.1, 0.15) is 110 Å². The number of aliphatic hydroxyl groups is 15. The van der Waals surface area contributed by atoms with Gasteiger partial charge in [0.2, 0.25) is 0 Å². The van der Waals surface area contributed by atoms with E-state index >= 15 is 0 Å². The SMILES string of the molecule is COC1(CC[C@@H](C)CO[C@@H]2O[C@H](CO)[C@@H](O)[C@H](O)[C@H]2O)O[C@H]2C[C@H]3[C@@H]4CC=C5CC(O[C@@H]6O[C@H](CO)[C@@H](O[C@@H]7O[C@@H](CO[C@@H]8O[C@H](CO)[C@@H](O)[C@H](O)[C@H]8O)[C@H](O)[C@H]7O)[C@H](O)[C@H]6O[C@@H]6O[C@@H](C)[C@H](O)[C@@H](O)[C@H]6O)CC[C@]5(C)[C@H]4CC[C@]3(C)[C@H]2[C@@H]1C. The highest BCUT2D eigenvalue weighted by Crippen LogP contribution is 2.70. The minimum atomic E-state index is -1.80. The van der Waals surface area contributed by atoms with Crippen LogP contribution in [-0.4, -0.2) is 282 Å². The van der Waals surface area contributed by atoms with E-state index in [4.69, 9.17) is 56.8 Å². The van der Waals surface area contributed by atoms with Crippen LogP contribution in [0.3, 0.4) is 0 Å². The van der Waals surface area contributed by atoms with Gasteiger partial charge >= 0.3 is 0 Å². The first-order valence-corrected chi connectivity index (χ1v) is 30.2. The van der Waals surface area contributed by atoms with E-state index in [0.717, 1.165) is 32.1 Å². The Morgan fingerprint density at radius 1 is 0.583 bits per heavy atom. The molecule has 84 heavy (non-hydrogen) atoms. The van der Waals surface area contributed by atoms with E-state index in [1.165, 1.54) is 12.5 Å².